The lowest BCUT2D eigenvalue weighted by Gasteiger charge is -2.35. The van der Waals surface area contributed by atoms with Crippen LogP contribution in [0.15, 0.2) is 24.3 Å². The highest BCUT2D eigenvalue weighted by Gasteiger charge is 2.34. The molecule has 0 radical (unpaired) electrons. The number of amides is 2. The molecule has 0 fully saturated rings. The average Bonchev–Trinajstić information content (AvgIpc) is 2.45. The molecule has 5 nitrogen and oxygen atoms in total. The number of fused-ring (bicyclic) bond motifs is 1. The molecule has 0 saturated carbocycles. The zero-order chi connectivity index (χ0) is 15.4. The second-order valence-corrected chi connectivity index (χ2v) is 5.59. The first-order valence-electron chi connectivity index (χ1n) is 7.39. The Labute approximate surface area is 125 Å². The summed E-state index contributed by atoms with van der Waals surface area (Å²) in [7, 11) is 0. The van der Waals surface area contributed by atoms with Gasteiger partial charge in [-0.3, -0.25) is 0 Å². The molecule has 0 spiro atoms. The fourth-order valence-electron chi connectivity index (χ4n) is 2.76. The molecule has 0 bridgehead atoms. The lowest BCUT2D eigenvalue weighted by atomic mass is 9.94. The first kappa shape index (κ1) is 15.4. The number of hydrogen-bond acceptors (Lipinski definition) is 2. The Hall–Kier alpha value is -2.04. The summed E-state index contributed by atoms with van der Waals surface area (Å²) >= 11 is 0. The minimum absolute atomic E-state index is 0.0501. The molecule has 1 aliphatic rings. The highest BCUT2D eigenvalue weighted by atomic mass is 16.4. The van der Waals surface area contributed by atoms with E-state index in [4.69, 9.17) is 0 Å². The second-order valence-electron chi connectivity index (χ2n) is 5.59. The molecule has 1 aliphatic heterocycles. The highest BCUT2D eigenvalue weighted by Crippen LogP contribution is 2.23. The number of rotatable bonds is 4. The van der Waals surface area contributed by atoms with Crippen molar-refractivity contribution in [1.29, 1.82) is 0 Å². The minimum atomic E-state index is -0.956. The van der Waals surface area contributed by atoms with E-state index < -0.39 is 12.0 Å². The quantitative estimate of drug-likeness (QED) is 0.894. The van der Waals surface area contributed by atoms with Gasteiger partial charge < -0.3 is 15.3 Å². The standard InChI is InChI=1S/C16H22N2O3/c1-3-6-11(2)17-16(21)18-10-13-8-5-4-7-12(13)9-14(18)15(19)20/h4-5,7-8,11,14H,3,6,9-10H2,1-2H3,(H,17,21)(H,19,20)/t11?,14-/m1/s1. The van der Waals surface area contributed by atoms with Crippen LogP contribution in [0.3, 0.4) is 0 Å². The number of carbonyl (C=O) groups excluding carboxylic acids is 1. The maximum atomic E-state index is 12.4. The van der Waals surface area contributed by atoms with Crippen molar-refractivity contribution in [2.24, 2.45) is 0 Å². The monoisotopic (exact) mass is 290 g/mol. The Balaban J connectivity index is 2.16. The fourth-order valence-corrected chi connectivity index (χ4v) is 2.76. The normalized spacial score (nSPS) is 18.8. The Morgan fingerprint density at radius 3 is 2.67 bits per heavy atom. The smallest absolute Gasteiger partial charge is 0.326 e. The van der Waals surface area contributed by atoms with Crippen molar-refractivity contribution in [1.82, 2.24) is 10.2 Å². The lowest BCUT2D eigenvalue weighted by Crippen LogP contribution is -2.53. The molecular formula is C16H22N2O3. The number of carboxylic acid groups (broad SMARTS) is 1. The van der Waals surface area contributed by atoms with Gasteiger partial charge in [0, 0.05) is 19.0 Å². The van der Waals surface area contributed by atoms with Crippen molar-refractivity contribution in [3.63, 3.8) is 0 Å². The van der Waals surface area contributed by atoms with Crippen LogP contribution in [0.25, 0.3) is 0 Å². The summed E-state index contributed by atoms with van der Waals surface area (Å²) in [6, 6.07) is 6.65. The number of urea groups is 1. The molecule has 2 rings (SSSR count). The molecule has 1 aromatic rings. The van der Waals surface area contributed by atoms with E-state index in [0.29, 0.717) is 13.0 Å². The third-order valence-corrected chi connectivity index (χ3v) is 3.89. The summed E-state index contributed by atoms with van der Waals surface area (Å²) in [6.45, 7) is 4.34. The van der Waals surface area contributed by atoms with Crippen LogP contribution in [-0.4, -0.2) is 34.1 Å². The molecular weight excluding hydrogens is 268 g/mol. The third kappa shape index (κ3) is 3.54. The average molecular weight is 290 g/mol. The van der Waals surface area contributed by atoms with E-state index in [1.54, 1.807) is 0 Å². The van der Waals surface area contributed by atoms with E-state index in [9.17, 15) is 14.7 Å². The molecule has 2 amide bonds. The van der Waals surface area contributed by atoms with E-state index in [1.165, 1.54) is 4.90 Å². The summed E-state index contributed by atoms with van der Waals surface area (Å²) in [5.41, 5.74) is 2.03. The van der Waals surface area contributed by atoms with Crippen molar-refractivity contribution in [2.75, 3.05) is 0 Å². The van der Waals surface area contributed by atoms with Crippen LogP contribution >= 0.6 is 0 Å². The van der Waals surface area contributed by atoms with Gasteiger partial charge in [0.25, 0.3) is 0 Å². The molecule has 1 unspecified atom stereocenters. The fraction of sp³-hybridized carbons (Fsp3) is 0.500. The van der Waals surface area contributed by atoms with Crippen molar-refractivity contribution in [3.05, 3.63) is 35.4 Å². The Morgan fingerprint density at radius 1 is 1.38 bits per heavy atom. The van der Waals surface area contributed by atoms with E-state index in [1.807, 2.05) is 31.2 Å². The Bertz CT molecular complexity index is 530. The molecule has 0 aliphatic carbocycles. The van der Waals surface area contributed by atoms with E-state index >= 15 is 0 Å². The largest absolute Gasteiger partial charge is 0.480 e. The predicted molar refractivity (Wildman–Crippen MR) is 80.0 cm³/mol. The zero-order valence-electron chi connectivity index (χ0n) is 12.5. The first-order valence-corrected chi connectivity index (χ1v) is 7.39. The van der Waals surface area contributed by atoms with E-state index in [0.717, 1.165) is 24.0 Å². The highest BCUT2D eigenvalue weighted by molar-refractivity contribution is 5.83. The van der Waals surface area contributed by atoms with Crippen molar-refractivity contribution < 1.29 is 14.7 Å². The van der Waals surface area contributed by atoms with Crippen LogP contribution < -0.4 is 5.32 Å². The summed E-state index contributed by atoms with van der Waals surface area (Å²) < 4.78 is 0. The minimum Gasteiger partial charge on any atom is -0.480 e. The zero-order valence-corrected chi connectivity index (χ0v) is 12.5. The summed E-state index contributed by atoms with van der Waals surface area (Å²) in [6.07, 6.45) is 2.22. The number of carbonyl (C=O) groups is 2. The topological polar surface area (TPSA) is 69.6 Å². The molecule has 5 heteroatoms. The number of nitrogens with zero attached hydrogens (tertiary/aromatic N) is 1. The maximum Gasteiger partial charge on any atom is 0.326 e. The van der Waals surface area contributed by atoms with Gasteiger partial charge in [-0.05, 0) is 24.5 Å². The van der Waals surface area contributed by atoms with Crippen LogP contribution in [0.1, 0.15) is 37.8 Å². The number of aliphatic carboxylic acids is 1. The molecule has 0 aromatic heterocycles. The summed E-state index contributed by atoms with van der Waals surface area (Å²) in [5, 5.41) is 12.3. The van der Waals surface area contributed by atoms with Gasteiger partial charge in [-0.2, -0.15) is 0 Å². The van der Waals surface area contributed by atoms with Crippen molar-refractivity contribution in [3.8, 4) is 0 Å². The van der Waals surface area contributed by atoms with Crippen LogP contribution in [-0.2, 0) is 17.8 Å². The van der Waals surface area contributed by atoms with Gasteiger partial charge in [0.1, 0.15) is 6.04 Å². The van der Waals surface area contributed by atoms with Gasteiger partial charge in [0.15, 0.2) is 0 Å². The van der Waals surface area contributed by atoms with Crippen LogP contribution in [0.2, 0.25) is 0 Å². The third-order valence-electron chi connectivity index (χ3n) is 3.89. The molecule has 114 valence electrons. The number of carboxylic acids is 1. The van der Waals surface area contributed by atoms with Gasteiger partial charge in [0.05, 0.1) is 0 Å². The van der Waals surface area contributed by atoms with Gasteiger partial charge in [-0.1, -0.05) is 37.6 Å². The molecule has 2 atom stereocenters. The Morgan fingerprint density at radius 2 is 2.05 bits per heavy atom. The summed E-state index contributed by atoms with van der Waals surface area (Å²) in [4.78, 5) is 25.3. The lowest BCUT2D eigenvalue weighted by molar-refractivity contribution is -0.142. The molecule has 0 saturated heterocycles. The van der Waals surface area contributed by atoms with Crippen LogP contribution in [0, 0.1) is 0 Å². The SMILES string of the molecule is CCCC(C)NC(=O)N1Cc2ccccc2C[C@@H]1C(=O)O. The van der Waals surface area contributed by atoms with Crippen molar-refractivity contribution >= 4 is 12.0 Å². The number of benzene rings is 1. The van der Waals surface area contributed by atoms with Crippen LogP contribution in [0.4, 0.5) is 4.79 Å². The molecule has 1 heterocycles. The van der Waals surface area contributed by atoms with Gasteiger partial charge in [0.2, 0.25) is 0 Å². The second kappa shape index (κ2) is 6.61. The summed E-state index contributed by atoms with van der Waals surface area (Å²) in [5.74, 6) is -0.956. The molecule has 2 N–H and O–H groups in total. The number of nitrogens with one attached hydrogen (secondary N) is 1. The maximum absolute atomic E-state index is 12.4. The van der Waals surface area contributed by atoms with Gasteiger partial charge in [-0.25, -0.2) is 9.59 Å². The van der Waals surface area contributed by atoms with Crippen molar-refractivity contribution in [2.45, 2.75) is 51.7 Å². The van der Waals surface area contributed by atoms with Gasteiger partial charge in [-0.15, -0.1) is 0 Å². The van der Waals surface area contributed by atoms with Gasteiger partial charge >= 0.3 is 12.0 Å². The predicted octanol–water partition coefficient (Wildman–Crippen LogP) is 2.40. The van der Waals surface area contributed by atoms with Crippen LogP contribution in [0.5, 0.6) is 0 Å². The molecule has 1 aromatic carbocycles. The van der Waals surface area contributed by atoms with E-state index in [2.05, 4.69) is 12.2 Å². The first-order chi connectivity index (χ1) is 10.0. The molecule has 21 heavy (non-hydrogen) atoms. The number of hydrogen-bond donors (Lipinski definition) is 2. The van der Waals surface area contributed by atoms with E-state index in [-0.39, 0.29) is 12.1 Å². The Kier molecular flexibility index (Phi) is 4.83.